The van der Waals surface area contributed by atoms with E-state index < -0.39 is 11.7 Å². The molecule has 3 nitrogen and oxygen atoms in total. The van der Waals surface area contributed by atoms with Crippen molar-refractivity contribution < 1.29 is 13.2 Å². The number of hydrogen-bond donors (Lipinski definition) is 1. The Hall–Kier alpha value is -1.67. The van der Waals surface area contributed by atoms with E-state index in [0.29, 0.717) is 21.9 Å². The molecular formula is C12H8F3N3S2. The standard InChI is InChI=1S/C12H8F3N3S2/c13-12(14,15)7-1-2-9-10(3-7)20-11(18-9)17-5-8-4-16-6-19-8/h1-4,6H,5H2,(H,17,18). The Labute approximate surface area is 120 Å². The van der Waals surface area contributed by atoms with Crippen molar-refractivity contribution in [3.8, 4) is 0 Å². The highest BCUT2D eigenvalue weighted by Gasteiger charge is 2.30. The minimum absolute atomic E-state index is 0.520. The van der Waals surface area contributed by atoms with Crippen LogP contribution in [0.15, 0.2) is 29.9 Å². The normalized spacial score (nSPS) is 11.9. The van der Waals surface area contributed by atoms with Gasteiger partial charge in [0.15, 0.2) is 5.13 Å². The maximum atomic E-state index is 12.6. The molecule has 0 aliphatic rings. The minimum atomic E-state index is -4.32. The number of benzene rings is 1. The van der Waals surface area contributed by atoms with Crippen molar-refractivity contribution in [1.82, 2.24) is 9.97 Å². The molecule has 0 fully saturated rings. The molecule has 0 aliphatic heterocycles. The van der Waals surface area contributed by atoms with Crippen molar-refractivity contribution in [3.63, 3.8) is 0 Å². The Morgan fingerprint density at radius 1 is 1.25 bits per heavy atom. The van der Waals surface area contributed by atoms with Crippen LogP contribution in [0, 0.1) is 0 Å². The molecule has 1 N–H and O–H groups in total. The zero-order valence-corrected chi connectivity index (χ0v) is 11.6. The number of halogens is 3. The van der Waals surface area contributed by atoms with Crippen molar-refractivity contribution in [2.75, 3.05) is 5.32 Å². The van der Waals surface area contributed by atoms with E-state index in [1.165, 1.54) is 28.7 Å². The van der Waals surface area contributed by atoms with Crippen LogP contribution in [0.2, 0.25) is 0 Å². The monoisotopic (exact) mass is 315 g/mol. The Bertz CT molecular complexity index is 719. The molecule has 0 amide bonds. The summed E-state index contributed by atoms with van der Waals surface area (Å²) < 4.78 is 38.4. The number of aromatic nitrogens is 2. The van der Waals surface area contributed by atoms with Crippen molar-refractivity contribution in [3.05, 3.63) is 40.3 Å². The first-order chi connectivity index (χ1) is 9.52. The van der Waals surface area contributed by atoms with Crippen LogP contribution in [0.5, 0.6) is 0 Å². The number of anilines is 1. The lowest BCUT2D eigenvalue weighted by atomic mass is 10.2. The van der Waals surface area contributed by atoms with E-state index in [4.69, 9.17) is 0 Å². The number of rotatable bonds is 3. The number of hydrogen-bond acceptors (Lipinski definition) is 5. The molecule has 0 atom stereocenters. The molecule has 0 bridgehead atoms. The van der Waals surface area contributed by atoms with Crippen molar-refractivity contribution in [2.24, 2.45) is 0 Å². The lowest BCUT2D eigenvalue weighted by Gasteiger charge is -2.04. The summed E-state index contributed by atoms with van der Waals surface area (Å²) in [5.41, 5.74) is 1.64. The van der Waals surface area contributed by atoms with Gasteiger partial charge in [-0.05, 0) is 18.2 Å². The highest BCUT2D eigenvalue weighted by molar-refractivity contribution is 7.22. The van der Waals surface area contributed by atoms with Gasteiger partial charge in [0.2, 0.25) is 0 Å². The van der Waals surface area contributed by atoms with Crippen molar-refractivity contribution in [1.29, 1.82) is 0 Å². The maximum Gasteiger partial charge on any atom is 0.416 e. The van der Waals surface area contributed by atoms with Gasteiger partial charge in [-0.25, -0.2) is 4.98 Å². The van der Waals surface area contributed by atoms with Crippen molar-refractivity contribution in [2.45, 2.75) is 12.7 Å². The summed E-state index contributed by atoms with van der Waals surface area (Å²) in [6.07, 6.45) is -2.58. The van der Waals surface area contributed by atoms with E-state index in [-0.39, 0.29) is 0 Å². The lowest BCUT2D eigenvalue weighted by molar-refractivity contribution is -0.137. The summed E-state index contributed by atoms with van der Waals surface area (Å²) in [5.74, 6) is 0. The van der Waals surface area contributed by atoms with E-state index in [9.17, 15) is 13.2 Å². The largest absolute Gasteiger partial charge is 0.416 e. The Kier molecular flexibility index (Phi) is 3.35. The molecule has 3 rings (SSSR count). The van der Waals surface area contributed by atoms with Crippen LogP contribution in [-0.4, -0.2) is 9.97 Å². The molecular weight excluding hydrogens is 307 g/mol. The van der Waals surface area contributed by atoms with Crippen LogP contribution in [-0.2, 0) is 12.7 Å². The van der Waals surface area contributed by atoms with Gasteiger partial charge in [0, 0.05) is 11.1 Å². The number of fused-ring (bicyclic) bond motifs is 1. The molecule has 0 radical (unpaired) electrons. The second kappa shape index (κ2) is 5.02. The highest BCUT2D eigenvalue weighted by atomic mass is 32.1. The smallest absolute Gasteiger partial charge is 0.357 e. The van der Waals surface area contributed by atoms with Crippen molar-refractivity contribution >= 4 is 38.0 Å². The fourth-order valence-corrected chi connectivity index (χ4v) is 3.10. The SMILES string of the molecule is FC(F)(F)c1ccc2nc(NCc3cncs3)sc2c1. The molecule has 20 heavy (non-hydrogen) atoms. The van der Waals surface area contributed by atoms with E-state index >= 15 is 0 Å². The van der Waals surface area contributed by atoms with Gasteiger partial charge < -0.3 is 5.32 Å². The fraction of sp³-hybridized carbons (Fsp3) is 0.167. The molecule has 3 aromatic rings. The summed E-state index contributed by atoms with van der Waals surface area (Å²) in [6, 6.07) is 3.58. The molecule has 0 aliphatic carbocycles. The molecule has 1 aromatic carbocycles. The third-order valence-electron chi connectivity index (χ3n) is 2.61. The first kappa shape index (κ1) is 13.3. The number of nitrogens with one attached hydrogen (secondary N) is 1. The molecule has 0 unspecified atom stereocenters. The van der Waals surface area contributed by atoms with E-state index in [1.807, 2.05) is 0 Å². The second-order valence-electron chi connectivity index (χ2n) is 4.02. The average Bonchev–Trinajstić information content (AvgIpc) is 3.03. The van der Waals surface area contributed by atoms with Crippen LogP contribution in [0.1, 0.15) is 10.4 Å². The average molecular weight is 315 g/mol. The van der Waals surface area contributed by atoms with Gasteiger partial charge in [0.1, 0.15) is 0 Å². The van der Waals surface area contributed by atoms with Crippen LogP contribution < -0.4 is 5.32 Å². The summed E-state index contributed by atoms with van der Waals surface area (Å²) in [5, 5.41) is 3.70. The molecule has 104 valence electrons. The third kappa shape index (κ3) is 2.75. The Balaban J connectivity index is 1.83. The van der Waals surface area contributed by atoms with E-state index in [1.54, 1.807) is 11.7 Å². The molecule has 2 heterocycles. The third-order valence-corrected chi connectivity index (χ3v) is 4.37. The van der Waals surface area contributed by atoms with E-state index in [2.05, 4.69) is 15.3 Å². The second-order valence-corrected chi connectivity index (χ2v) is 6.02. The zero-order valence-electron chi connectivity index (χ0n) is 9.94. The summed E-state index contributed by atoms with van der Waals surface area (Å²) >= 11 is 2.72. The number of nitrogens with zero attached hydrogens (tertiary/aromatic N) is 2. The fourth-order valence-electron chi connectivity index (χ4n) is 1.67. The molecule has 2 aromatic heterocycles. The van der Waals surface area contributed by atoms with Gasteiger partial charge in [-0.1, -0.05) is 11.3 Å². The molecule has 0 saturated carbocycles. The van der Waals surface area contributed by atoms with E-state index in [0.717, 1.165) is 17.0 Å². The molecule has 0 saturated heterocycles. The predicted octanol–water partition coefficient (Wildman–Crippen LogP) is 4.38. The first-order valence-electron chi connectivity index (χ1n) is 5.61. The van der Waals surface area contributed by atoms with Gasteiger partial charge in [-0.3, -0.25) is 4.98 Å². The Morgan fingerprint density at radius 3 is 2.80 bits per heavy atom. The molecule has 0 spiro atoms. The van der Waals surface area contributed by atoms with Gasteiger partial charge in [0.05, 0.1) is 27.8 Å². The van der Waals surface area contributed by atoms with Gasteiger partial charge in [-0.2, -0.15) is 13.2 Å². The minimum Gasteiger partial charge on any atom is -0.357 e. The maximum absolute atomic E-state index is 12.6. The predicted molar refractivity (Wildman–Crippen MR) is 74.1 cm³/mol. The van der Waals surface area contributed by atoms with Crippen LogP contribution in [0.25, 0.3) is 10.2 Å². The van der Waals surface area contributed by atoms with Crippen LogP contribution in [0.4, 0.5) is 18.3 Å². The summed E-state index contributed by atoms with van der Waals surface area (Å²) in [7, 11) is 0. The number of thiazole rings is 2. The number of alkyl halides is 3. The summed E-state index contributed by atoms with van der Waals surface area (Å²) in [4.78, 5) is 9.25. The first-order valence-corrected chi connectivity index (χ1v) is 7.31. The lowest BCUT2D eigenvalue weighted by Crippen LogP contribution is -2.03. The highest BCUT2D eigenvalue weighted by Crippen LogP contribution is 2.34. The molecule has 8 heteroatoms. The van der Waals surface area contributed by atoms with Gasteiger partial charge in [0.25, 0.3) is 0 Å². The topological polar surface area (TPSA) is 37.8 Å². The van der Waals surface area contributed by atoms with Gasteiger partial charge in [-0.15, -0.1) is 11.3 Å². The Morgan fingerprint density at radius 2 is 2.10 bits per heavy atom. The quantitative estimate of drug-likeness (QED) is 0.779. The van der Waals surface area contributed by atoms with Gasteiger partial charge >= 0.3 is 6.18 Å². The summed E-state index contributed by atoms with van der Waals surface area (Å²) in [6.45, 7) is 0.566. The van der Waals surface area contributed by atoms with Crippen LogP contribution >= 0.6 is 22.7 Å². The zero-order chi connectivity index (χ0) is 14.2. The van der Waals surface area contributed by atoms with Crippen LogP contribution in [0.3, 0.4) is 0 Å².